The molecule has 0 aliphatic rings. The molecule has 0 saturated carbocycles. The third kappa shape index (κ3) is 2.03. The van der Waals surface area contributed by atoms with Gasteiger partial charge in [-0.1, -0.05) is 36.4 Å². The van der Waals surface area contributed by atoms with E-state index in [1.807, 2.05) is 48.5 Å². The number of rotatable bonds is 2. The van der Waals surface area contributed by atoms with E-state index in [9.17, 15) is 4.79 Å². The summed E-state index contributed by atoms with van der Waals surface area (Å²) in [5.41, 5.74) is 3.31. The first-order chi connectivity index (χ1) is 9.81. The van der Waals surface area contributed by atoms with Crippen LogP contribution in [0.15, 0.2) is 60.8 Å². The van der Waals surface area contributed by atoms with Crippen molar-refractivity contribution >= 4 is 16.9 Å². The number of nitrogens with zero attached hydrogens (tertiary/aromatic N) is 1. The predicted octanol–water partition coefficient (Wildman–Crippen LogP) is 3.69. The van der Waals surface area contributed by atoms with Gasteiger partial charge in [0.15, 0.2) is 0 Å². The van der Waals surface area contributed by atoms with Crippen molar-refractivity contribution in [1.29, 1.82) is 0 Å². The van der Waals surface area contributed by atoms with Gasteiger partial charge in [0.25, 0.3) is 0 Å². The van der Waals surface area contributed by atoms with E-state index in [4.69, 9.17) is 4.74 Å². The summed E-state index contributed by atoms with van der Waals surface area (Å²) in [6.07, 6.45) is 1.76. The van der Waals surface area contributed by atoms with Gasteiger partial charge in [0.05, 0.1) is 18.2 Å². The molecule has 0 aliphatic carbocycles. The lowest BCUT2D eigenvalue weighted by molar-refractivity contribution is 0.0601. The number of benzene rings is 2. The number of esters is 1. The van der Waals surface area contributed by atoms with Crippen molar-refractivity contribution in [1.82, 2.24) is 4.98 Å². The Balaban J connectivity index is 2.29. The highest BCUT2D eigenvalue weighted by atomic mass is 16.5. The minimum Gasteiger partial charge on any atom is -0.465 e. The molecule has 0 amide bonds. The van der Waals surface area contributed by atoms with Crippen LogP contribution >= 0.6 is 0 Å². The summed E-state index contributed by atoms with van der Waals surface area (Å²) in [6.45, 7) is 0. The van der Waals surface area contributed by atoms with Crippen molar-refractivity contribution in [2.45, 2.75) is 0 Å². The minimum absolute atomic E-state index is 0.332. The van der Waals surface area contributed by atoms with Crippen molar-refractivity contribution in [2.24, 2.45) is 0 Å². The second kappa shape index (κ2) is 5.13. The second-order valence-electron chi connectivity index (χ2n) is 4.41. The smallest absolute Gasteiger partial charge is 0.338 e. The zero-order valence-electron chi connectivity index (χ0n) is 11.0. The first kappa shape index (κ1) is 12.4. The summed E-state index contributed by atoms with van der Waals surface area (Å²) >= 11 is 0. The number of carbonyl (C=O) groups excluding carboxylic acids is 1. The van der Waals surface area contributed by atoms with Gasteiger partial charge in [0.2, 0.25) is 0 Å². The molecule has 0 bridgehead atoms. The molecule has 3 rings (SSSR count). The van der Waals surface area contributed by atoms with E-state index in [1.54, 1.807) is 12.3 Å². The molecule has 1 heterocycles. The van der Waals surface area contributed by atoms with Crippen LogP contribution in [0.5, 0.6) is 0 Å². The molecule has 3 nitrogen and oxygen atoms in total. The molecule has 0 radical (unpaired) electrons. The Bertz CT molecular complexity index is 775. The van der Waals surface area contributed by atoms with Gasteiger partial charge < -0.3 is 4.74 Å². The van der Waals surface area contributed by atoms with Gasteiger partial charge in [-0.3, -0.25) is 4.98 Å². The Morgan fingerprint density at radius 2 is 1.75 bits per heavy atom. The normalized spacial score (nSPS) is 10.4. The molecule has 0 atom stereocenters. The quantitative estimate of drug-likeness (QED) is 0.662. The van der Waals surface area contributed by atoms with Gasteiger partial charge in [-0.2, -0.15) is 0 Å². The van der Waals surface area contributed by atoms with Crippen molar-refractivity contribution in [3.8, 4) is 11.1 Å². The second-order valence-corrected chi connectivity index (χ2v) is 4.41. The zero-order chi connectivity index (χ0) is 13.9. The highest BCUT2D eigenvalue weighted by molar-refractivity contribution is 6.03. The van der Waals surface area contributed by atoms with Crippen LogP contribution in [-0.4, -0.2) is 18.1 Å². The minimum atomic E-state index is -0.332. The molecule has 3 aromatic rings. The molecule has 0 fully saturated rings. The fraction of sp³-hybridized carbons (Fsp3) is 0.0588. The Morgan fingerprint density at radius 1 is 0.950 bits per heavy atom. The summed E-state index contributed by atoms with van der Waals surface area (Å²) in [5, 5.41) is 1.02. The van der Waals surface area contributed by atoms with Crippen molar-refractivity contribution in [3.63, 3.8) is 0 Å². The summed E-state index contributed by atoms with van der Waals surface area (Å²) in [6, 6.07) is 17.2. The van der Waals surface area contributed by atoms with Crippen LogP contribution in [0, 0.1) is 0 Å². The Kier molecular flexibility index (Phi) is 3.17. The highest BCUT2D eigenvalue weighted by Gasteiger charge is 2.14. The molecule has 0 N–H and O–H groups in total. The summed E-state index contributed by atoms with van der Waals surface area (Å²) < 4.78 is 4.86. The van der Waals surface area contributed by atoms with Crippen LogP contribution in [0.1, 0.15) is 10.4 Å². The van der Waals surface area contributed by atoms with Crippen molar-refractivity contribution < 1.29 is 9.53 Å². The maximum absolute atomic E-state index is 11.9. The number of carbonyl (C=O) groups is 1. The number of aromatic nitrogens is 1. The molecule has 0 spiro atoms. The number of fused-ring (bicyclic) bond motifs is 1. The monoisotopic (exact) mass is 263 g/mol. The Morgan fingerprint density at radius 3 is 2.60 bits per heavy atom. The van der Waals surface area contributed by atoms with Gasteiger partial charge in [0, 0.05) is 11.6 Å². The largest absolute Gasteiger partial charge is 0.465 e. The Hall–Kier alpha value is -2.68. The van der Waals surface area contributed by atoms with E-state index in [-0.39, 0.29) is 5.97 Å². The van der Waals surface area contributed by atoms with Crippen molar-refractivity contribution in [2.75, 3.05) is 7.11 Å². The van der Waals surface area contributed by atoms with Crippen LogP contribution in [-0.2, 0) is 4.74 Å². The molecule has 0 saturated heterocycles. The molecule has 98 valence electrons. The van der Waals surface area contributed by atoms with Gasteiger partial charge in [0.1, 0.15) is 0 Å². The molecule has 3 heteroatoms. The molecular weight excluding hydrogens is 250 g/mol. The van der Waals surface area contributed by atoms with E-state index >= 15 is 0 Å². The summed E-state index contributed by atoms with van der Waals surface area (Å²) in [5.74, 6) is -0.332. The third-order valence-electron chi connectivity index (χ3n) is 3.27. The number of hydrogen-bond donors (Lipinski definition) is 0. The summed E-state index contributed by atoms with van der Waals surface area (Å²) in [7, 11) is 1.39. The standard InChI is InChI=1S/C17H13NO2/c1-20-17(19)15-7-3-2-6-13(15)12-8-4-10-16-14(12)9-5-11-18-16/h2-11H,1H3. The van der Waals surface area contributed by atoms with E-state index in [2.05, 4.69) is 4.98 Å². The molecule has 2 aromatic carbocycles. The molecular formula is C17H13NO2. The zero-order valence-corrected chi connectivity index (χ0v) is 11.0. The number of hydrogen-bond acceptors (Lipinski definition) is 3. The maximum Gasteiger partial charge on any atom is 0.338 e. The topological polar surface area (TPSA) is 39.2 Å². The van der Waals surface area contributed by atoms with E-state index in [0.29, 0.717) is 5.56 Å². The molecule has 1 aromatic heterocycles. The first-order valence-electron chi connectivity index (χ1n) is 6.33. The van der Waals surface area contributed by atoms with Gasteiger partial charge in [-0.15, -0.1) is 0 Å². The fourth-order valence-electron chi connectivity index (χ4n) is 2.34. The summed E-state index contributed by atoms with van der Waals surface area (Å²) in [4.78, 5) is 16.3. The fourth-order valence-corrected chi connectivity index (χ4v) is 2.34. The molecule has 20 heavy (non-hydrogen) atoms. The van der Waals surface area contributed by atoms with Crippen molar-refractivity contribution in [3.05, 3.63) is 66.4 Å². The number of pyridine rings is 1. The highest BCUT2D eigenvalue weighted by Crippen LogP contribution is 2.30. The van der Waals surface area contributed by atoms with Crippen LogP contribution in [0.25, 0.3) is 22.0 Å². The molecule has 0 aliphatic heterocycles. The van der Waals surface area contributed by atoms with Crippen LogP contribution in [0.2, 0.25) is 0 Å². The average molecular weight is 263 g/mol. The van der Waals surface area contributed by atoms with E-state index < -0.39 is 0 Å². The van der Waals surface area contributed by atoms with Crippen LogP contribution in [0.4, 0.5) is 0 Å². The molecule has 0 unspecified atom stereocenters. The lowest BCUT2D eigenvalue weighted by Crippen LogP contribution is -2.03. The Labute approximate surface area is 116 Å². The van der Waals surface area contributed by atoms with E-state index in [0.717, 1.165) is 22.0 Å². The lowest BCUT2D eigenvalue weighted by atomic mass is 9.96. The van der Waals surface area contributed by atoms with Gasteiger partial charge in [-0.25, -0.2) is 4.79 Å². The average Bonchev–Trinajstić information content (AvgIpc) is 2.53. The lowest BCUT2D eigenvalue weighted by Gasteiger charge is -2.10. The van der Waals surface area contributed by atoms with Crippen LogP contribution < -0.4 is 0 Å². The number of methoxy groups -OCH3 is 1. The maximum atomic E-state index is 11.9. The predicted molar refractivity (Wildman–Crippen MR) is 78.5 cm³/mol. The first-order valence-corrected chi connectivity index (χ1v) is 6.33. The SMILES string of the molecule is COC(=O)c1ccccc1-c1cccc2ncccc12. The number of ether oxygens (including phenoxy) is 1. The van der Waals surface area contributed by atoms with Gasteiger partial charge in [-0.05, 0) is 29.3 Å². The van der Waals surface area contributed by atoms with Crippen LogP contribution in [0.3, 0.4) is 0 Å². The van der Waals surface area contributed by atoms with Gasteiger partial charge >= 0.3 is 5.97 Å². The van der Waals surface area contributed by atoms with E-state index in [1.165, 1.54) is 7.11 Å². The third-order valence-corrected chi connectivity index (χ3v) is 3.27.